The third kappa shape index (κ3) is 3.90. The molecule has 9 heteroatoms. The molecule has 2 aromatic rings. The van der Waals surface area contributed by atoms with Crippen molar-refractivity contribution in [3.63, 3.8) is 0 Å². The van der Waals surface area contributed by atoms with Gasteiger partial charge < -0.3 is 0 Å². The molecule has 0 aliphatic carbocycles. The van der Waals surface area contributed by atoms with Crippen molar-refractivity contribution < 1.29 is 13.2 Å². The number of hydrogen-bond donors (Lipinski definition) is 0. The van der Waals surface area contributed by atoms with Crippen molar-refractivity contribution in [1.82, 2.24) is 19.0 Å². The molecule has 1 aromatic heterocycles. The van der Waals surface area contributed by atoms with Crippen LogP contribution >= 0.6 is 0 Å². The van der Waals surface area contributed by atoms with Crippen molar-refractivity contribution in [2.24, 2.45) is 7.05 Å². The fourth-order valence-corrected chi connectivity index (χ4v) is 6.87. The van der Waals surface area contributed by atoms with E-state index in [1.54, 1.807) is 13.9 Å². The lowest BCUT2D eigenvalue weighted by Crippen LogP contribution is -2.53. The van der Waals surface area contributed by atoms with Gasteiger partial charge >= 0.3 is 0 Å². The zero-order valence-electron chi connectivity index (χ0n) is 18.9. The molecular weight excluding hydrogens is 414 g/mol. The molecule has 3 heterocycles. The molecule has 4 rings (SSSR count). The number of aromatic nitrogens is 2. The molecule has 31 heavy (non-hydrogen) atoms. The van der Waals surface area contributed by atoms with Crippen molar-refractivity contribution in [2.75, 3.05) is 37.6 Å². The first kappa shape index (κ1) is 22.0. The van der Waals surface area contributed by atoms with Gasteiger partial charge in [-0.1, -0.05) is 17.7 Å². The molecule has 1 atom stereocenters. The zero-order valence-corrected chi connectivity index (χ0v) is 19.7. The molecule has 0 radical (unpaired) electrons. The summed E-state index contributed by atoms with van der Waals surface area (Å²) in [4.78, 5) is 17.4. The third-order valence-corrected chi connectivity index (χ3v) is 8.55. The lowest BCUT2D eigenvalue weighted by Gasteiger charge is -2.37. The summed E-state index contributed by atoms with van der Waals surface area (Å²) < 4.78 is 30.0. The number of carbonyl (C=O) groups is 1. The van der Waals surface area contributed by atoms with Crippen LogP contribution in [0.1, 0.15) is 28.8 Å². The highest BCUT2D eigenvalue weighted by Crippen LogP contribution is 2.28. The molecular formula is C22H31N5O3S. The van der Waals surface area contributed by atoms with Gasteiger partial charge in [-0.15, -0.1) is 0 Å². The van der Waals surface area contributed by atoms with Crippen molar-refractivity contribution in [3.05, 3.63) is 40.6 Å². The molecule has 0 spiro atoms. The first-order valence-electron chi connectivity index (χ1n) is 10.7. The zero-order chi connectivity index (χ0) is 22.5. The maximum atomic E-state index is 13.3. The largest absolute Gasteiger partial charge is 0.296 e. The highest BCUT2D eigenvalue weighted by molar-refractivity contribution is 7.89. The smallest absolute Gasteiger partial charge is 0.245 e. The normalized spacial score (nSPS) is 21.3. The summed E-state index contributed by atoms with van der Waals surface area (Å²) >= 11 is 0. The lowest BCUT2D eigenvalue weighted by molar-refractivity contribution is -0.122. The van der Waals surface area contributed by atoms with Gasteiger partial charge in [0.15, 0.2) is 0 Å². The molecule has 8 nitrogen and oxygen atoms in total. The minimum Gasteiger partial charge on any atom is -0.296 e. The number of benzene rings is 1. The molecule has 0 bridgehead atoms. The van der Waals surface area contributed by atoms with Crippen LogP contribution in [0.3, 0.4) is 0 Å². The van der Waals surface area contributed by atoms with Crippen LogP contribution in [0.5, 0.6) is 0 Å². The van der Waals surface area contributed by atoms with Crippen molar-refractivity contribution in [1.29, 1.82) is 0 Å². The number of aryl methyl sites for hydroxylation is 5. The van der Waals surface area contributed by atoms with Gasteiger partial charge in [-0.3, -0.25) is 19.3 Å². The Labute approximate surface area is 184 Å². The number of carbonyl (C=O) groups excluding carboxylic acids is 1. The maximum absolute atomic E-state index is 13.3. The van der Waals surface area contributed by atoms with Crippen molar-refractivity contribution >= 4 is 21.7 Å². The Morgan fingerprint density at radius 3 is 2.10 bits per heavy atom. The van der Waals surface area contributed by atoms with Crippen LogP contribution < -0.4 is 4.90 Å². The first-order chi connectivity index (χ1) is 14.6. The van der Waals surface area contributed by atoms with Crippen LogP contribution in [0.2, 0.25) is 0 Å². The van der Waals surface area contributed by atoms with E-state index in [1.807, 2.05) is 52.9 Å². The summed E-state index contributed by atoms with van der Waals surface area (Å²) in [5.41, 5.74) is 3.52. The molecule has 0 saturated carbocycles. The van der Waals surface area contributed by atoms with Crippen LogP contribution in [0.15, 0.2) is 23.1 Å². The SMILES string of the molecule is Cc1cc(C)c(S(=O)(=O)N2CCN(C3CCN(c4cc(C)nn4C)C3=O)CC2)c(C)c1. The Morgan fingerprint density at radius 1 is 0.935 bits per heavy atom. The van der Waals surface area contributed by atoms with E-state index in [1.165, 1.54) is 0 Å². The maximum Gasteiger partial charge on any atom is 0.245 e. The van der Waals surface area contributed by atoms with Gasteiger partial charge in [0.25, 0.3) is 0 Å². The number of amides is 1. The summed E-state index contributed by atoms with van der Waals surface area (Å²) in [6.45, 7) is 10.2. The number of piperazine rings is 1. The minimum absolute atomic E-state index is 0.0736. The highest BCUT2D eigenvalue weighted by atomic mass is 32.2. The average molecular weight is 446 g/mol. The Hall–Kier alpha value is -2.23. The number of hydrogen-bond acceptors (Lipinski definition) is 5. The van der Waals surface area contributed by atoms with Crippen LogP contribution in [-0.2, 0) is 21.9 Å². The van der Waals surface area contributed by atoms with Gasteiger partial charge in [0.1, 0.15) is 5.82 Å². The summed E-state index contributed by atoms with van der Waals surface area (Å²) in [5.74, 6) is 0.890. The van der Waals surface area contributed by atoms with Crippen LogP contribution in [0, 0.1) is 27.7 Å². The number of sulfonamides is 1. The highest BCUT2D eigenvalue weighted by Gasteiger charge is 2.40. The van der Waals surface area contributed by atoms with Crippen molar-refractivity contribution in [2.45, 2.75) is 45.1 Å². The van der Waals surface area contributed by atoms with Gasteiger partial charge in [0.05, 0.1) is 16.6 Å². The minimum atomic E-state index is -3.56. The monoisotopic (exact) mass is 445 g/mol. The third-order valence-electron chi connectivity index (χ3n) is 6.35. The fraction of sp³-hybridized carbons (Fsp3) is 0.545. The molecule has 2 fully saturated rings. The molecule has 2 aliphatic rings. The predicted molar refractivity (Wildman–Crippen MR) is 120 cm³/mol. The van der Waals surface area contributed by atoms with E-state index < -0.39 is 10.0 Å². The lowest BCUT2D eigenvalue weighted by atomic mass is 10.1. The van der Waals surface area contributed by atoms with Gasteiger partial charge in [0.2, 0.25) is 15.9 Å². The molecule has 1 unspecified atom stereocenters. The average Bonchev–Trinajstić information content (AvgIpc) is 3.21. The van der Waals surface area contributed by atoms with E-state index in [2.05, 4.69) is 10.00 Å². The van der Waals surface area contributed by atoms with Crippen LogP contribution in [0.4, 0.5) is 5.82 Å². The molecule has 1 amide bonds. The quantitative estimate of drug-likeness (QED) is 0.717. The molecule has 0 N–H and O–H groups in total. The summed E-state index contributed by atoms with van der Waals surface area (Å²) in [6, 6.07) is 5.56. The first-order valence-corrected chi connectivity index (χ1v) is 12.2. The number of nitrogens with zero attached hydrogens (tertiary/aromatic N) is 5. The molecule has 2 aliphatic heterocycles. The van der Waals surface area contributed by atoms with E-state index in [4.69, 9.17) is 0 Å². The topological polar surface area (TPSA) is 78.8 Å². The van der Waals surface area contributed by atoms with E-state index in [9.17, 15) is 13.2 Å². The number of rotatable bonds is 4. The molecule has 1 aromatic carbocycles. The second-order valence-electron chi connectivity index (χ2n) is 8.73. The van der Waals surface area contributed by atoms with Crippen LogP contribution in [0.25, 0.3) is 0 Å². The predicted octanol–water partition coefficient (Wildman–Crippen LogP) is 1.77. The van der Waals surface area contributed by atoms with Gasteiger partial charge in [-0.25, -0.2) is 8.42 Å². The Bertz CT molecular complexity index is 1090. The second kappa shape index (κ2) is 8.03. The number of anilines is 1. The summed E-state index contributed by atoms with van der Waals surface area (Å²) in [7, 11) is -1.71. The van der Waals surface area contributed by atoms with Gasteiger partial charge in [-0.2, -0.15) is 9.40 Å². The fourth-order valence-electron chi connectivity index (χ4n) is 5.04. The van der Waals surface area contributed by atoms with E-state index >= 15 is 0 Å². The standard InChI is InChI=1S/C22H31N5O3S/c1-15-12-16(2)21(17(3)13-15)31(29,30)26-10-8-25(9-11-26)19-6-7-27(22(19)28)20-14-18(4)23-24(20)5/h12-14,19H,6-11H2,1-5H3. The van der Waals surface area contributed by atoms with E-state index in [0.717, 1.165) is 34.6 Å². The second-order valence-corrected chi connectivity index (χ2v) is 10.6. The van der Waals surface area contributed by atoms with Gasteiger partial charge in [0, 0.05) is 45.8 Å². The Morgan fingerprint density at radius 2 is 1.55 bits per heavy atom. The summed E-state index contributed by atoms with van der Waals surface area (Å²) in [5, 5.41) is 4.35. The van der Waals surface area contributed by atoms with Crippen LogP contribution in [-0.4, -0.2) is 72.1 Å². The summed E-state index contributed by atoms with van der Waals surface area (Å²) in [6.07, 6.45) is 0.742. The Kier molecular flexibility index (Phi) is 5.70. The van der Waals surface area contributed by atoms with E-state index in [0.29, 0.717) is 37.6 Å². The van der Waals surface area contributed by atoms with Gasteiger partial charge in [-0.05, 0) is 45.2 Å². The Balaban J connectivity index is 1.46. The molecule has 168 valence electrons. The molecule has 2 saturated heterocycles. The van der Waals surface area contributed by atoms with E-state index in [-0.39, 0.29) is 11.9 Å². The van der Waals surface area contributed by atoms with Crippen molar-refractivity contribution in [3.8, 4) is 0 Å².